The van der Waals surface area contributed by atoms with E-state index in [1.54, 1.807) is 4.68 Å². The van der Waals surface area contributed by atoms with Crippen molar-refractivity contribution < 1.29 is 9.53 Å². The maximum Gasteiger partial charge on any atom is 0.319 e. The molecule has 2 heterocycles. The van der Waals surface area contributed by atoms with Crippen LogP contribution >= 0.6 is 0 Å². The molecular formula is C20H22N6O2. The van der Waals surface area contributed by atoms with E-state index in [4.69, 9.17) is 4.74 Å². The van der Waals surface area contributed by atoms with Gasteiger partial charge in [-0.15, -0.1) is 5.10 Å². The average molecular weight is 378 g/mol. The number of carbonyl (C=O) groups is 1. The highest BCUT2D eigenvalue weighted by molar-refractivity contribution is 5.91. The molecule has 8 nitrogen and oxygen atoms in total. The summed E-state index contributed by atoms with van der Waals surface area (Å²) in [7, 11) is 0. The van der Waals surface area contributed by atoms with Crippen molar-refractivity contribution in [3.63, 3.8) is 0 Å². The molecule has 0 saturated heterocycles. The fourth-order valence-corrected chi connectivity index (χ4v) is 3.35. The number of para-hydroxylation sites is 2. The van der Waals surface area contributed by atoms with Crippen LogP contribution in [0.2, 0.25) is 0 Å². The minimum atomic E-state index is -0.399. The van der Waals surface area contributed by atoms with E-state index < -0.39 is 6.04 Å². The number of urea groups is 1. The maximum atomic E-state index is 12.6. The van der Waals surface area contributed by atoms with Crippen molar-refractivity contribution in [2.45, 2.75) is 38.8 Å². The molecule has 2 N–H and O–H groups in total. The van der Waals surface area contributed by atoms with Gasteiger partial charge in [0.05, 0.1) is 17.4 Å². The lowest BCUT2D eigenvalue weighted by atomic mass is 10.0. The lowest BCUT2D eigenvalue weighted by Gasteiger charge is -2.19. The molecule has 0 radical (unpaired) electrons. The Bertz CT molecular complexity index is 999. The molecule has 0 unspecified atom stereocenters. The van der Waals surface area contributed by atoms with Crippen LogP contribution in [0, 0.1) is 0 Å². The van der Waals surface area contributed by atoms with Crippen LogP contribution in [0.1, 0.15) is 38.2 Å². The first-order chi connectivity index (χ1) is 13.4. The molecule has 1 aromatic heterocycles. The Labute approximate surface area is 162 Å². The van der Waals surface area contributed by atoms with Crippen LogP contribution in [0.5, 0.6) is 5.75 Å². The van der Waals surface area contributed by atoms with Gasteiger partial charge in [-0.25, -0.2) is 4.79 Å². The Hall–Kier alpha value is -3.42. The Morgan fingerprint density at radius 2 is 1.96 bits per heavy atom. The molecule has 0 saturated carbocycles. The molecule has 0 fully saturated rings. The Morgan fingerprint density at radius 3 is 2.75 bits per heavy atom. The molecule has 2 aromatic carbocycles. The van der Waals surface area contributed by atoms with Crippen molar-refractivity contribution in [2.24, 2.45) is 0 Å². The van der Waals surface area contributed by atoms with Gasteiger partial charge in [-0.05, 0) is 49.4 Å². The van der Waals surface area contributed by atoms with Gasteiger partial charge in [-0.3, -0.25) is 0 Å². The molecule has 1 aliphatic heterocycles. The van der Waals surface area contributed by atoms with Gasteiger partial charge in [0.1, 0.15) is 11.4 Å². The molecule has 0 bridgehead atoms. The first-order valence-corrected chi connectivity index (χ1v) is 9.15. The summed E-state index contributed by atoms with van der Waals surface area (Å²) >= 11 is 0. The normalized spacial score (nSPS) is 15.4. The van der Waals surface area contributed by atoms with Gasteiger partial charge < -0.3 is 15.4 Å². The molecule has 28 heavy (non-hydrogen) atoms. The highest BCUT2D eigenvalue weighted by Gasteiger charge is 2.32. The summed E-state index contributed by atoms with van der Waals surface area (Å²) in [6.45, 7) is 5.89. The van der Waals surface area contributed by atoms with Crippen LogP contribution in [0.15, 0.2) is 48.5 Å². The quantitative estimate of drug-likeness (QED) is 0.727. The predicted octanol–water partition coefficient (Wildman–Crippen LogP) is 3.26. The van der Waals surface area contributed by atoms with E-state index in [1.165, 1.54) is 0 Å². The molecule has 1 atom stereocenters. The van der Waals surface area contributed by atoms with E-state index >= 15 is 0 Å². The largest absolute Gasteiger partial charge is 0.485 e. The van der Waals surface area contributed by atoms with Gasteiger partial charge >= 0.3 is 6.03 Å². The lowest BCUT2D eigenvalue weighted by Crippen LogP contribution is -2.33. The summed E-state index contributed by atoms with van der Waals surface area (Å²) in [4.78, 5) is 12.6. The summed E-state index contributed by atoms with van der Waals surface area (Å²) < 4.78 is 7.61. The van der Waals surface area contributed by atoms with Crippen molar-refractivity contribution >= 4 is 11.7 Å². The number of anilines is 1. The summed E-state index contributed by atoms with van der Waals surface area (Å²) in [5.41, 5.74) is 2.29. The van der Waals surface area contributed by atoms with E-state index in [0.29, 0.717) is 11.5 Å². The number of ether oxygens (including phenoxy) is 1. The number of hydrogen-bond acceptors (Lipinski definition) is 5. The molecule has 3 aromatic rings. The van der Waals surface area contributed by atoms with Gasteiger partial charge in [-0.2, -0.15) is 4.68 Å². The first kappa shape index (κ1) is 18.0. The predicted molar refractivity (Wildman–Crippen MR) is 105 cm³/mol. The van der Waals surface area contributed by atoms with Crippen LogP contribution in [0.25, 0.3) is 5.69 Å². The van der Waals surface area contributed by atoms with Gasteiger partial charge in [0.25, 0.3) is 0 Å². The number of carbonyl (C=O) groups excluding carboxylic acids is 1. The minimum Gasteiger partial charge on any atom is -0.485 e. The SMILES string of the molecule is C[C@H](NC(=O)Nc1cccc2c1OC(C)(C)C2)c1nnnn1-c1ccccc1. The summed E-state index contributed by atoms with van der Waals surface area (Å²) in [6.07, 6.45) is 0.807. The van der Waals surface area contributed by atoms with Crippen molar-refractivity contribution in [3.8, 4) is 11.4 Å². The highest BCUT2D eigenvalue weighted by Crippen LogP contribution is 2.40. The van der Waals surface area contributed by atoms with Crippen molar-refractivity contribution in [1.29, 1.82) is 0 Å². The number of aromatic nitrogens is 4. The summed E-state index contributed by atoms with van der Waals surface area (Å²) in [5.74, 6) is 1.27. The third-order valence-corrected chi connectivity index (χ3v) is 4.57. The van der Waals surface area contributed by atoms with E-state index in [9.17, 15) is 4.79 Å². The lowest BCUT2D eigenvalue weighted by molar-refractivity contribution is 0.139. The van der Waals surface area contributed by atoms with Gasteiger partial charge in [0.15, 0.2) is 5.82 Å². The summed E-state index contributed by atoms with van der Waals surface area (Å²) in [6, 6.07) is 14.6. The second-order valence-corrected chi connectivity index (χ2v) is 7.44. The molecule has 1 aliphatic rings. The van der Waals surface area contributed by atoms with Crippen LogP contribution < -0.4 is 15.4 Å². The molecular weight excluding hydrogens is 356 g/mol. The number of amides is 2. The van der Waals surface area contributed by atoms with E-state index in [0.717, 1.165) is 23.4 Å². The third-order valence-electron chi connectivity index (χ3n) is 4.57. The minimum absolute atomic E-state index is 0.276. The zero-order chi connectivity index (χ0) is 19.7. The van der Waals surface area contributed by atoms with Crippen molar-refractivity contribution in [3.05, 3.63) is 59.9 Å². The van der Waals surface area contributed by atoms with E-state index in [2.05, 4.69) is 26.2 Å². The standard InChI is InChI=1S/C20H22N6O2/c1-13(18-23-24-25-26(18)15-9-5-4-6-10-15)21-19(27)22-16-11-7-8-14-12-20(2,3)28-17(14)16/h4-11,13H,12H2,1-3H3,(H2,21,22,27)/t13-/m0/s1. The second-order valence-electron chi connectivity index (χ2n) is 7.44. The zero-order valence-corrected chi connectivity index (χ0v) is 16.0. The number of fused-ring (bicyclic) bond motifs is 1. The van der Waals surface area contributed by atoms with Crippen LogP contribution in [0.4, 0.5) is 10.5 Å². The topological polar surface area (TPSA) is 94.0 Å². The number of hydrogen-bond donors (Lipinski definition) is 2. The van der Waals surface area contributed by atoms with Gasteiger partial charge in [-0.1, -0.05) is 30.3 Å². The van der Waals surface area contributed by atoms with Crippen molar-refractivity contribution in [2.75, 3.05) is 5.32 Å². The smallest absolute Gasteiger partial charge is 0.319 e. The maximum absolute atomic E-state index is 12.6. The fraction of sp³-hybridized carbons (Fsp3) is 0.300. The molecule has 8 heteroatoms. The zero-order valence-electron chi connectivity index (χ0n) is 16.0. The molecule has 0 spiro atoms. The van der Waals surface area contributed by atoms with Crippen LogP contribution in [0.3, 0.4) is 0 Å². The Kier molecular flexibility index (Phi) is 4.46. The highest BCUT2D eigenvalue weighted by atomic mass is 16.5. The fourth-order valence-electron chi connectivity index (χ4n) is 3.35. The Morgan fingerprint density at radius 1 is 1.18 bits per heavy atom. The number of nitrogens with one attached hydrogen (secondary N) is 2. The van der Waals surface area contributed by atoms with E-state index in [-0.39, 0.29) is 11.6 Å². The monoisotopic (exact) mass is 378 g/mol. The Balaban J connectivity index is 1.48. The average Bonchev–Trinajstić information content (AvgIpc) is 3.26. The first-order valence-electron chi connectivity index (χ1n) is 9.15. The van der Waals surface area contributed by atoms with Gasteiger partial charge in [0, 0.05) is 12.0 Å². The number of nitrogens with zero attached hydrogens (tertiary/aromatic N) is 4. The van der Waals surface area contributed by atoms with Crippen molar-refractivity contribution in [1.82, 2.24) is 25.5 Å². The van der Waals surface area contributed by atoms with Crippen LogP contribution in [-0.4, -0.2) is 31.8 Å². The third kappa shape index (κ3) is 3.53. The van der Waals surface area contributed by atoms with Crippen LogP contribution in [-0.2, 0) is 6.42 Å². The number of rotatable bonds is 4. The number of tetrazole rings is 1. The molecule has 144 valence electrons. The number of benzene rings is 2. The van der Waals surface area contributed by atoms with Gasteiger partial charge in [0.2, 0.25) is 0 Å². The molecule has 0 aliphatic carbocycles. The van der Waals surface area contributed by atoms with E-state index in [1.807, 2.05) is 69.3 Å². The molecule has 4 rings (SSSR count). The second kappa shape index (κ2) is 6.95. The summed E-state index contributed by atoms with van der Waals surface area (Å²) in [5, 5.41) is 17.6. The molecule has 2 amide bonds.